The van der Waals surface area contributed by atoms with Crippen LogP contribution in [0.3, 0.4) is 0 Å². The van der Waals surface area contributed by atoms with Crippen molar-refractivity contribution in [1.29, 1.82) is 0 Å². The summed E-state index contributed by atoms with van der Waals surface area (Å²) in [6.45, 7) is 0. The van der Waals surface area contributed by atoms with Gasteiger partial charge in [0.1, 0.15) is 6.23 Å². The molecule has 0 aromatic heterocycles. The Bertz CT molecular complexity index is 186. The van der Waals surface area contributed by atoms with Gasteiger partial charge in [-0.15, -0.1) is 0 Å². The molecule has 62 valence electrons. The van der Waals surface area contributed by atoms with Crippen molar-refractivity contribution < 1.29 is 5.11 Å². The molecule has 0 fully saturated rings. The maximum atomic E-state index is 9.30. The van der Waals surface area contributed by atoms with Gasteiger partial charge < -0.3 is 10.4 Å². The van der Waals surface area contributed by atoms with Crippen molar-refractivity contribution in [2.24, 2.45) is 0 Å². The van der Waals surface area contributed by atoms with E-state index in [9.17, 15) is 5.11 Å². The molecule has 0 saturated heterocycles. The Hall–Kier alpha value is -0.500. The molecule has 0 amide bonds. The van der Waals surface area contributed by atoms with Crippen molar-refractivity contribution >= 4 is 0 Å². The lowest BCUT2D eigenvalue weighted by Gasteiger charge is -2.29. The first-order valence-corrected chi connectivity index (χ1v) is 4.52. The molecular weight excluding hydrogens is 138 g/mol. The molecule has 1 aliphatic carbocycles. The van der Waals surface area contributed by atoms with Crippen molar-refractivity contribution in [1.82, 2.24) is 5.32 Å². The third kappa shape index (κ3) is 1.41. The molecule has 1 unspecified atom stereocenters. The van der Waals surface area contributed by atoms with Crippen LogP contribution in [0.25, 0.3) is 0 Å². The molecule has 0 aromatic carbocycles. The van der Waals surface area contributed by atoms with Crippen LogP contribution in [0.4, 0.5) is 0 Å². The first kappa shape index (κ1) is 7.17. The van der Waals surface area contributed by atoms with Crippen molar-refractivity contribution in [2.45, 2.75) is 44.8 Å². The number of nitrogens with one attached hydrogen (secondary N) is 1. The molecule has 2 aliphatic rings. The average Bonchev–Trinajstić information content (AvgIpc) is 2.04. The number of aliphatic hydroxyl groups excluding tert-OH is 1. The molecule has 0 spiro atoms. The van der Waals surface area contributed by atoms with Crippen molar-refractivity contribution in [3.05, 3.63) is 11.3 Å². The monoisotopic (exact) mass is 153 g/mol. The van der Waals surface area contributed by atoms with Gasteiger partial charge in [-0.3, -0.25) is 0 Å². The fourth-order valence-electron chi connectivity index (χ4n) is 2.00. The minimum atomic E-state index is -0.271. The van der Waals surface area contributed by atoms with Crippen LogP contribution in [0, 0.1) is 0 Å². The second kappa shape index (κ2) is 2.86. The van der Waals surface area contributed by atoms with Crippen LogP contribution in [0.2, 0.25) is 0 Å². The molecule has 2 heteroatoms. The molecule has 1 aliphatic heterocycles. The van der Waals surface area contributed by atoms with E-state index in [0.717, 1.165) is 19.3 Å². The van der Waals surface area contributed by atoms with Crippen LogP contribution >= 0.6 is 0 Å². The van der Waals surface area contributed by atoms with E-state index in [4.69, 9.17) is 0 Å². The van der Waals surface area contributed by atoms with Gasteiger partial charge in [0.2, 0.25) is 0 Å². The van der Waals surface area contributed by atoms with E-state index in [1.54, 1.807) is 5.57 Å². The highest BCUT2D eigenvalue weighted by molar-refractivity contribution is 5.18. The highest BCUT2D eigenvalue weighted by atomic mass is 16.3. The SMILES string of the molecule is OC1CCC2=C(CCCC2)N1. The smallest absolute Gasteiger partial charge is 0.124 e. The first-order valence-electron chi connectivity index (χ1n) is 4.52. The van der Waals surface area contributed by atoms with Crippen molar-refractivity contribution in [3.63, 3.8) is 0 Å². The molecule has 0 saturated carbocycles. The number of rotatable bonds is 0. The van der Waals surface area contributed by atoms with Gasteiger partial charge in [-0.2, -0.15) is 0 Å². The standard InChI is InChI=1S/C9H15NO/c11-9-6-5-7-3-1-2-4-8(7)10-9/h9-11H,1-6H2. The van der Waals surface area contributed by atoms with Crippen LogP contribution < -0.4 is 5.32 Å². The molecule has 1 atom stereocenters. The molecule has 2 nitrogen and oxygen atoms in total. The lowest BCUT2D eigenvalue weighted by Crippen LogP contribution is -2.33. The summed E-state index contributed by atoms with van der Waals surface area (Å²) in [5, 5.41) is 12.5. The van der Waals surface area contributed by atoms with Gasteiger partial charge >= 0.3 is 0 Å². The quantitative estimate of drug-likeness (QED) is 0.553. The Kier molecular flexibility index (Phi) is 1.86. The molecule has 2 rings (SSSR count). The molecule has 0 bridgehead atoms. The average molecular weight is 153 g/mol. The largest absolute Gasteiger partial charge is 0.374 e. The topological polar surface area (TPSA) is 32.3 Å². The van der Waals surface area contributed by atoms with E-state index >= 15 is 0 Å². The van der Waals surface area contributed by atoms with E-state index in [2.05, 4.69) is 5.32 Å². The van der Waals surface area contributed by atoms with Gasteiger partial charge in [-0.1, -0.05) is 5.57 Å². The summed E-state index contributed by atoms with van der Waals surface area (Å²) in [4.78, 5) is 0. The van der Waals surface area contributed by atoms with Crippen LogP contribution in [0.1, 0.15) is 38.5 Å². The van der Waals surface area contributed by atoms with Gasteiger partial charge in [0.15, 0.2) is 0 Å². The highest BCUT2D eigenvalue weighted by Gasteiger charge is 2.19. The summed E-state index contributed by atoms with van der Waals surface area (Å²) >= 11 is 0. The minimum absolute atomic E-state index is 0.271. The van der Waals surface area contributed by atoms with Crippen LogP contribution in [0.15, 0.2) is 11.3 Å². The Morgan fingerprint density at radius 3 is 2.91 bits per heavy atom. The van der Waals surface area contributed by atoms with Gasteiger partial charge in [-0.25, -0.2) is 0 Å². The van der Waals surface area contributed by atoms with Crippen LogP contribution in [-0.4, -0.2) is 11.3 Å². The molecule has 0 aromatic rings. The second-order valence-electron chi connectivity index (χ2n) is 3.49. The lowest BCUT2D eigenvalue weighted by molar-refractivity contribution is 0.128. The number of aliphatic hydroxyl groups is 1. The maximum Gasteiger partial charge on any atom is 0.124 e. The fourth-order valence-corrected chi connectivity index (χ4v) is 2.00. The predicted octanol–water partition coefficient (Wildman–Crippen LogP) is 1.52. The third-order valence-electron chi connectivity index (χ3n) is 2.64. The number of hydrogen-bond acceptors (Lipinski definition) is 2. The van der Waals surface area contributed by atoms with E-state index < -0.39 is 0 Å². The van der Waals surface area contributed by atoms with Gasteiger partial charge in [-0.05, 0) is 38.5 Å². The zero-order valence-corrected chi connectivity index (χ0v) is 6.77. The van der Waals surface area contributed by atoms with E-state index in [1.165, 1.54) is 25.0 Å². The highest BCUT2D eigenvalue weighted by Crippen LogP contribution is 2.29. The molecule has 2 N–H and O–H groups in total. The minimum Gasteiger partial charge on any atom is -0.374 e. The number of hydrogen-bond donors (Lipinski definition) is 2. The third-order valence-corrected chi connectivity index (χ3v) is 2.64. The Morgan fingerprint density at radius 1 is 1.18 bits per heavy atom. The molecular formula is C9H15NO. The number of allylic oxidation sites excluding steroid dienone is 2. The van der Waals surface area contributed by atoms with Gasteiger partial charge in [0.25, 0.3) is 0 Å². The second-order valence-corrected chi connectivity index (χ2v) is 3.49. The Labute approximate surface area is 67.3 Å². The van der Waals surface area contributed by atoms with E-state index in [1.807, 2.05) is 0 Å². The van der Waals surface area contributed by atoms with Gasteiger partial charge in [0, 0.05) is 5.70 Å². The van der Waals surface area contributed by atoms with E-state index in [0.29, 0.717) is 0 Å². The maximum absolute atomic E-state index is 9.30. The summed E-state index contributed by atoms with van der Waals surface area (Å²) in [6, 6.07) is 0. The molecule has 11 heavy (non-hydrogen) atoms. The predicted molar refractivity (Wildman–Crippen MR) is 43.9 cm³/mol. The van der Waals surface area contributed by atoms with Gasteiger partial charge in [0.05, 0.1) is 0 Å². The Balaban J connectivity index is 2.12. The Morgan fingerprint density at radius 2 is 2.00 bits per heavy atom. The molecule has 0 radical (unpaired) electrons. The van der Waals surface area contributed by atoms with Crippen LogP contribution in [0.5, 0.6) is 0 Å². The summed E-state index contributed by atoms with van der Waals surface area (Å²) in [7, 11) is 0. The summed E-state index contributed by atoms with van der Waals surface area (Å²) in [5.74, 6) is 0. The fraction of sp³-hybridized carbons (Fsp3) is 0.778. The first-order chi connectivity index (χ1) is 5.36. The zero-order valence-electron chi connectivity index (χ0n) is 6.77. The van der Waals surface area contributed by atoms with Crippen LogP contribution in [-0.2, 0) is 0 Å². The normalized spacial score (nSPS) is 31.2. The van der Waals surface area contributed by atoms with Crippen molar-refractivity contribution in [3.8, 4) is 0 Å². The zero-order chi connectivity index (χ0) is 7.68. The summed E-state index contributed by atoms with van der Waals surface area (Å²) in [6.07, 6.45) is 6.80. The summed E-state index contributed by atoms with van der Waals surface area (Å²) in [5.41, 5.74) is 2.91. The lowest BCUT2D eigenvalue weighted by atomic mass is 9.90. The molecule has 1 heterocycles. The van der Waals surface area contributed by atoms with E-state index in [-0.39, 0.29) is 6.23 Å². The summed E-state index contributed by atoms with van der Waals surface area (Å²) < 4.78 is 0. The van der Waals surface area contributed by atoms with Crippen molar-refractivity contribution in [2.75, 3.05) is 0 Å².